The molecule has 2 heterocycles. The summed E-state index contributed by atoms with van der Waals surface area (Å²) in [6.07, 6.45) is 2.56. The molecule has 1 aromatic rings. The van der Waals surface area contributed by atoms with Crippen molar-refractivity contribution in [1.29, 1.82) is 0 Å². The molecule has 1 aliphatic rings. The second kappa shape index (κ2) is 6.12. The molecular formula is C12H16N4O3. The number of carbonyl (C=O) groups excluding carboxylic acids is 2. The van der Waals surface area contributed by atoms with E-state index in [4.69, 9.17) is 4.74 Å². The van der Waals surface area contributed by atoms with Crippen LogP contribution in [-0.2, 0) is 4.74 Å². The van der Waals surface area contributed by atoms with E-state index in [-0.39, 0.29) is 12.0 Å². The van der Waals surface area contributed by atoms with Crippen molar-refractivity contribution >= 4 is 12.0 Å². The highest BCUT2D eigenvalue weighted by Gasteiger charge is 2.25. The molecule has 0 N–H and O–H groups in total. The molecule has 0 radical (unpaired) electrons. The van der Waals surface area contributed by atoms with Gasteiger partial charge in [-0.2, -0.15) is 0 Å². The second-order valence-corrected chi connectivity index (χ2v) is 4.07. The fourth-order valence-electron chi connectivity index (χ4n) is 1.89. The molecule has 1 fully saturated rings. The summed E-state index contributed by atoms with van der Waals surface area (Å²) in [6, 6.07) is 1.58. The van der Waals surface area contributed by atoms with Crippen LogP contribution in [0.15, 0.2) is 18.6 Å². The summed E-state index contributed by atoms with van der Waals surface area (Å²) in [5.74, 6) is -0.133. The van der Waals surface area contributed by atoms with E-state index in [2.05, 4.69) is 9.97 Å². The number of hydrogen-bond donors (Lipinski definition) is 0. The normalized spacial score (nSPS) is 15.2. The minimum atomic E-state index is -0.323. The predicted molar refractivity (Wildman–Crippen MR) is 66.5 cm³/mol. The molecule has 1 aromatic heterocycles. The van der Waals surface area contributed by atoms with Crippen LogP contribution >= 0.6 is 0 Å². The first-order chi connectivity index (χ1) is 9.22. The van der Waals surface area contributed by atoms with Gasteiger partial charge in [0.25, 0.3) is 5.91 Å². The molecule has 2 rings (SSSR count). The van der Waals surface area contributed by atoms with Gasteiger partial charge in [-0.3, -0.25) is 4.79 Å². The van der Waals surface area contributed by atoms with Gasteiger partial charge in [0.2, 0.25) is 0 Å². The van der Waals surface area contributed by atoms with Crippen molar-refractivity contribution in [2.75, 3.05) is 32.8 Å². The van der Waals surface area contributed by atoms with Gasteiger partial charge in [0.05, 0.1) is 6.61 Å². The number of amides is 2. The Morgan fingerprint density at radius 3 is 2.53 bits per heavy atom. The van der Waals surface area contributed by atoms with Crippen LogP contribution in [0.3, 0.4) is 0 Å². The minimum Gasteiger partial charge on any atom is -0.450 e. The summed E-state index contributed by atoms with van der Waals surface area (Å²) in [4.78, 5) is 34.6. The standard InChI is InChI=1S/C12H16N4O3/c1-2-19-12(18)16-7-5-15(6-8-16)11(17)10-3-4-13-9-14-10/h3-4,9H,2,5-8H2,1H3. The third-order valence-electron chi connectivity index (χ3n) is 2.89. The Morgan fingerprint density at radius 1 is 1.26 bits per heavy atom. The van der Waals surface area contributed by atoms with Crippen molar-refractivity contribution < 1.29 is 14.3 Å². The van der Waals surface area contributed by atoms with Gasteiger partial charge in [-0.25, -0.2) is 14.8 Å². The number of ether oxygens (including phenoxy) is 1. The van der Waals surface area contributed by atoms with Crippen LogP contribution in [0.1, 0.15) is 17.4 Å². The molecule has 0 atom stereocenters. The fraction of sp³-hybridized carbons (Fsp3) is 0.500. The summed E-state index contributed by atoms with van der Waals surface area (Å²) in [6.45, 7) is 4.07. The molecule has 0 saturated carbocycles. The first-order valence-electron chi connectivity index (χ1n) is 6.19. The SMILES string of the molecule is CCOC(=O)N1CCN(C(=O)c2ccncn2)CC1. The number of carbonyl (C=O) groups is 2. The first kappa shape index (κ1) is 13.3. The second-order valence-electron chi connectivity index (χ2n) is 4.07. The van der Waals surface area contributed by atoms with E-state index in [1.54, 1.807) is 22.8 Å². The predicted octanol–water partition coefficient (Wildman–Crippen LogP) is 0.391. The Kier molecular flexibility index (Phi) is 4.27. The van der Waals surface area contributed by atoms with E-state index in [9.17, 15) is 9.59 Å². The lowest BCUT2D eigenvalue weighted by Crippen LogP contribution is -2.50. The lowest BCUT2D eigenvalue weighted by molar-refractivity contribution is 0.0566. The monoisotopic (exact) mass is 264 g/mol. The summed E-state index contributed by atoms with van der Waals surface area (Å²) in [5, 5.41) is 0. The van der Waals surface area contributed by atoms with Gasteiger partial charge in [0.1, 0.15) is 12.0 Å². The van der Waals surface area contributed by atoms with Crippen molar-refractivity contribution in [2.45, 2.75) is 6.92 Å². The molecule has 0 aromatic carbocycles. The molecule has 0 spiro atoms. The van der Waals surface area contributed by atoms with E-state index < -0.39 is 0 Å². The third kappa shape index (κ3) is 3.18. The third-order valence-corrected chi connectivity index (χ3v) is 2.89. The Balaban J connectivity index is 1.90. The minimum absolute atomic E-state index is 0.133. The number of nitrogens with zero attached hydrogens (tertiary/aromatic N) is 4. The van der Waals surface area contributed by atoms with Crippen LogP contribution in [0.5, 0.6) is 0 Å². The lowest BCUT2D eigenvalue weighted by Gasteiger charge is -2.33. The summed E-state index contributed by atoms with van der Waals surface area (Å²) in [7, 11) is 0. The van der Waals surface area contributed by atoms with Gasteiger partial charge in [-0.1, -0.05) is 0 Å². The molecule has 0 bridgehead atoms. The first-order valence-corrected chi connectivity index (χ1v) is 6.19. The van der Waals surface area contributed by atoms with E-state index >= 15 is 0 Å². The molecule has 1 saturated heterocycles. The van der Waals surface area contributed by atoms with Crippen molar-refractivity contribution in [3.8, 4) is 0 Å². The van der Waals surface area contributed by atoms with Crippen LogP contribution in [0.4, 0.5) is 4.79 Å². The van der Waals surface area contributed by atoms with Crippen LogP contribution in [0.25, 0.3) is 0 Å². The van der Waals surface area contributed by atoms with E-state index in [0.717, 1.165) is 0 Å². The summed E-state index contributed by atoms with van der Waals surface area (Å²) >= 11 is 0. The van der Waals surface area contributed by atoms with E-state index in [1.165, 1.54) is 12.5 Å². The largest absolute Gasteiger partial charge is 0.450 e. The van der Waals surface area contributed by atoms with Gasteiger partial charge in [0, 0.05) is 32.4 Å². The van der Waals surface area contributed by atoms with E-state index in [1.807, 2.05) is 0 Å². The number of rotatable bonds is 2. The van der Waals surface area contributed by atoms with Crippen molar-refractivity contribution in [3.05, 3.63) is 24.3 Å². The molecule has 19 heavy (non-hydrogen) atoms. The zero-order valence-corrected chi connectivity index (χ0v) is 10.8. The van der Waals surface area contributed by atoms with E-state index in [0.29, 0.717) is 38.5 Å². The van der Waals surface area contributed by atoms with Crippen molar-refractivity contribution in [1.82, 2.24) is 19.8 Å². The average molecular weight is 264 g/mol. The van der Waals surface area contributed by atoms with Crippen LogP contribution in [0, 0.1) is 0 Å². The van der Waals surface area contributed by atoms with Gasteiger partial charge in [-0.05, 0) is 13.0 Å². The molecule has 2 amide bonds. The Morgan fingerprint density at radius 2 is 1.95 bits per heavy atom. The number of piperazine rings is 1. The average Bonchev–Trinajstić information content (AvgIpc) is 2.48. The zero-order valence-electron chi connectivity index (χ0n) is 10.8. The van der Waals surface area contributed by atoms with Crippen molar-refractivity contribution in [2.24, 2.45) is 0 Å². The van der Waals surface area contributed by atoms with Crippen LogP contribution in [0.2, 0.25) is 0 Å². The smallest absolute Gasteiger partial charge is 0.409 e. The highest BCUT2D eigenvalue weighted by molar-refractivity contribution is 5.92. The van der Waals surface area contributed by atoms with Gasteiger partial charge >= 0.3 is 6.09 Å². The lowest BCUT2D eigenvalue weighted by atomic mass is 10.3. The number of aromatic nitrogens is 2. The zero-order chi connectivity index (χ0) is 13.7. The van der Waals surface area contributed by atoms with Crippen LogP contribution in [-0.4, -0.2) is 64.6 Å². The van der Waals surface area contributed by atoms with Gasteiger partial charge < -0.3 is 14.5 Å². The Hall–Kier alpha value is -2.18. The van der Waals surface area contributed by atoms with Crippen LogP contribution < -0.4 is 0 Å². The molecule has 7 heteroatoms. The summed E-state index contributed by atoms with van der Waals surface area (Å²) in [5.41, 5.74) is 0.375. The topological polar surface area (TPSA) is 75.6 Å². The molecule has 0 unspecified atom stereocenters. The quantitative estimate of drug-likeness (QED) is 0.772. The fourth-order valence-corrected chi connectivity index (χ4v) is 1.89. The summed E-state index contributed by atoms with van der Waals surface area (Å²) < 4.78 is 4.92. The highest BCUT2D eigenvalue weighted by atomic mass is 16.6. The maximum atomic E-state index is 12.1. The maximum absolute atomic E-state index is 12.1. The molecule has 0 aliphatic carbocycles. The Bertz CT molecular complexity index is 444. The maximum Gasteiger partial charge on any atom is 0.409 e. The molecule has 7 nitrogen and oxygen atoms in total. The molecule has 102 valence electrons. The molecule has 1 aliphatic heterocycles. The molecular weight excluding hydrogens is 248 g/mol. The number of hydrogen-bond acceptors (Lipinski definition) is 5. The Labute approximate surface area is 111 Å². The highest BCUT2D eigenvalue weighted by Crippen LogP contribution is 2.07. The van der Waals surface area contributed by atoms with Crippen molar-refractivity contribution in [3.63, 3.8) is 0 Å². The van der Waals surface area contributed by atoms with Gasteiger partial charge in [0.15, 0.2) is 0 Å². The van der Waals surface area contributed by atoms with Gasteiger partial charge in [-0.15, -0.1) is 0 Å².